The average molecular weight is 370 g/mol. The second kappa shape index (κ2) is 7.36. The highest BCUT2D eigenvalue weighted by atomic mass is 16.3. The molecule has 5 heteroatoms. The van der Waals surface area contributed by atoms with Crippen molar-refractivity contribution in [3.8, 4) is 0 Å². The zero-order valence-electron chi connectivity index (χ0n) is 16.3. The van der Waals surface area contributed by atoms with E-state index in [-0.39, 0.29) is 24.5 Å². The highest BCUT2D eigenvalue weighted by Gasteiger charge is 2.67. The van der Waals surface area contributed by atoms with Gasteiger partial charge >= 0.3 is 0 Å². The molecule has 0 radical (unpaired) electrons. The first kappa shape index (κ1) is 18.6. The van der Waals surface area contributed by atoms with Crippen LogP contribution in [0.25, 0.3) is 0 Å². The minimum atomic E-state index is -0.682. The first-order valence-corrected chi connectivity index (χ1v) is 10.3. The van der Waals surface area contributed by atoms with Gasteiger partial charge in [-0.1, -0.05) is 44.2 Å². The molecule has 1 aromatic carbocycles. The third kappa shape index (κ3) is 3.11. The van der Waals surface area contributed by atoms with Crippen LogP contribution in [0.5, 0.6) is 0 Å². The standard InChI is InChI=1S/C22H31N3O2/c1-15(2)13-25-14-18-11-17-12-24-22(18,21(27)23-8-9-26)20(25)19(17)10-16-6-4-3-5-7-16/h3-7,12,15,17-20,26H,8-11,13-14H2,1-2H3,(H,23,27). The zero-order chi connectivity index (χ0) is 19.0. The quantitative estimate of drug-likeness (QED) is 0.770. The number of likely N-dealkylation sites (tertiary alicyclic amines) is 1. The summed E-state index contributed by atoms with van der Waals surface area (Å²) in [6.07, 6.45) is 4.09. The molecule has 5 nitrogen and oxygen atoms in total. The lowest BCUT2D eigenvalue weighted by Gasteiger charge is -2.51. The van der Waals surface area contributed by atoms with Gasteiger partial charge in [0.2, 0.25) is 5.91 Å². The van der Waals surface area contributed by atoms with Gasteiger partial charge in [0.1, 0.15) is 0 Å². The van der Waals surface area contributed by atoms with Crippen LogP contribution in [0.1, 0.15) is 25.8 Å². The molecule has 5 unspecified atom stereocenters. The van der Waals surface area contributed by atoms with E-state index in [1.165, 1.54) is 5.56 Å². The van der Waals surface area contributed by atoms with E-state index in [2.05, 4.69) is 60.6 Å². The van der Waals surface area contributed by atoms with Crippen molar-refractivity contribution in [1.29, 1.82) is 0 Å². The minimum absolute atomic E-state index is 0.00488. The largest absolute Gasteiger partial charge is 0.395 e. The van der Waals surface area contributed by atoms with E-state index in [4.69, 9.17) is 4.99 Å². The maximum Gasteiger partial charge on any atom is 0.249 e. The zero-order valence-corrected chi connectivity index (χ0v) is 16.3. The van der Waals surface area contributed by atoms with Crippen LogP contribution < -0.4 is 5.32 Å². The van der Waals surface area contributed by atoms with Gasteiger partial charge in [-0.2, -0.15) is 0 Å². The highest BCUT2D eigenvalue weighted by molar-refractivity contribution is 5.92. The predicted octanol–water partition coefficient (Wildman–Crippen LogP) is 1.75. The fourth-order valence-electron chi connectivity index (χ4n) is 5.71. The van der Waals surface area contributed by atoms with Crippen LogP contribution in [-0.2, 0) is 11.2 Å². The van der Waals surface area contributed by atoms with E-state index in [9.17, 15) is 9.90 Å². The van der Waals surface area contributed by atoms with Crippen molar-refractivity contribution in [1.82, 2.24) is 10.2 Å². The second-order valence-corrected chi connectivity index (χ2v) is 8.83. The molecule has 5 atom stereocenters. The molecule has 146 valence electrons. The SMILES string of the molecule is CC(C)CN1CC2CC3C=NC2(C(=O)NCCO)C1C3Cc1ccccc1. The summed E-state index contributed by atoms with van der Waals surface area (Å²) in [6.45, 7) is 6.71. The summed E-state index contributed by atoms with van der Waals surface area (Å²) >= 11 is 0. The van der Waals surface area contributed by atoms with E-state index in [1.807, 2.05) is 0 Å². The molecule has 3 heterocycles. The number of hydrogen-bond donors (Lipinski definition) is 2. The molecule has 1 saturated heterocycles. The Labute approximate surface area is 161 Å². The van der Waals surface area contributed by atoms with Crippen LogP contribution in [-0.4, -0.2) is 60.0 Å². The van der Waals surface area contributed by atoms with E-state index < -0.39 is 5.54 Å². The summed E-state index contributed by atoms with van der Waals surface area (Å²) in [4.78, 5) is 20.7. The van der Waals surface area contributed by atoms with Gasteiger partial charge in [0.05, 0.1) is 6.61 Å². The van der Waals surface area contributed by atoms with Crippen LogP contribution in [0.4, 0.5) is 0 Å². The number of amides is 1. The Bertz CT molecular complexity index is 705. The number of benzene rings is 1. The molecule has 4 aliphatic rings. The van der Waals surface area contributed by atoms with Crippen molar-refractivity contribution in [2.75, 3.05) is 26.2 Å². The number of rotatable bonds is 7. The van der Waals surface area contributed by atoms with Gasteiger partial charge < -0.3 is 10.4 Å². The molecule has 1 aliphatic carbocycles. The first-order chi connectivity index (χ1) is 13.1. The lowest BCUT2D eigenvalue weighted by Crippen LogP contribution is -2.66. The molecular weight excluding hydrogens is 338 g/mol. The van der Waals surface area contributed by atoms with Crippen molar-refractivity contribution >= 4 is 12.1 Å². The summed E-state index contributed by atoms with van der Waals surface area (Å²) in [6, 6.07) is 10.8. The van der Waals surface area contributed by atoms with Gasteiger partial charge in [0.25, 0.3) is 0 Å². The molecule has 3 aliphatic heterocycles. The van der Waals surface area contributed by atoms with Gasteiger partial charge in [-0.15, -0.1) is 0 Å². The van der Waals surface area contributed by atoms with Gasteiger partial charge in [0.15, 0.2) is 5.54 Å². The molecule has 4 bridgehead atoms. The van der Waals surface area contributed by atoms with Gasteiger partial charge in [-0.05, 0) is 36.2 Å². The summed E-state index contributed by atoms with van der Waals surface area (Å²) in [5, 5.41) is 12.1. The summed E-state index contributed by atoms with van der Waals surface area (Å²) in [7, 11) is 0. The molecule has 2 fully saturated rings. The Morgan fingerprint density at radius 2 is 2.15 bits per heavy atom. The number of aliphatic imine (C=N–C) groups is 1. The maximum atomic E-state index is 13.3. The monoisotopic (exact) mass is 369 g/mol. The van der Waals surface area contributed by atoms with E-state index in [0.29, 0.717) is 24.3 Å². The molecule has 0 spiro atoms. The third-order valence-corrected chi connectivity index (χ3v) is 6.59. The maximum absolute atomic E-state index is 13.3. The number of nitrogens with zero attached hydrogens (tertiary/aromatic N) is 2. The minimum Gasteiger partial charge on any atom is -0.395 e. The lowest BCUT2D eigenvalue weighted by molar-refractivity contribution is -0.131. The van der Waals surface area contributed by atoms with E-state index in [1.54, 1.807) is 0 Å². The second-order valence-electron chi connectivity index (χ2n) is 8.83. The summed E-state index contributed by atoms with van der Waals surface area (Å²) < 4.78 is 0. The highest BCUT2D eigenvalue weighted by Crippen LogP contribution is 2.54. The number of carbonyl (C=O) groups is 1. The van der Waals surface area contributed by atoms with Crippen LogP contribution in [0.2, 0.25) is 0 Å². The number of hydrogen-bond acceptors (Lipinski definition) is 4. The summed E-state index contributed by atoms with van der Waals surface area (Å²) in [5.41, 5.74) is 0.653. The van der Waals surface area contributed by atoms with Crippen molar-refractivity contribution in [2.24, 2.45) is 28.7 Å². The van der Waals surface area contributed by atoms with Crippen molar-refractivity contribution in [3.63, 3.8) is 0 Å². The van der Waals surface area contributed by atoms with Gasteiger partial charge in [-0.25, -0.2) is 0 Å². The smallest absolute Gasteiger partial charge is 0.249 e. The molecule has 1 aromatic rings. The predicted molar refractivity (Wildman–Crippen MR) is 107 cm³/mol. The number of aliphatic hydroxyl groups is 1. The van der Waals surface area contributed by atoms with Crippen LogP contribution in [0.3, 0.4) is 0 Å². The Morgan fingerprint density at radius 3 is 2.85 bits per heavy atom. The van der Waals surface area contributed by atoms with Crippen molar-refractivity contribution in [3.05, 3.63) is 35.9 Å². The Morgan fingerprint density at radius 1 is 1.37 bits per heavy atom. The van der Waals surface area contributed by atoms with E-state index >= 15 is 0 Å². The normalized spacial score (nSPS) is 34.4. The summed E-state index contributed by atoms with van der Waals surface area (Å²) in [5.74, 6) is 1.70. The van der Waals surface area contributed by atoms with Crippen LogP contribution in [0, 0.1) is 23.7 Å². The molecule has 1 amide bonds. The topological polar surface area (TPSA) is 64.9 Å². The fourth-order valence-corrected chi connectivity index (χ4v) is 5.71. The molecule has 1 saturated carbocycles. The van der Waals surface area contributed by atoms with Crippen LogP contribution in [0.15, 0.2) is 35.3 Å². The fraction of sp³-hybridized carbons (Fsp3) is 0.636. The third-order valence-electron chi connectivity index (χ3n) is 6.59. The average Bonchev–Trinajstić information content (AvgIpc) is 2.91. The Hall–Kier alpha value is -1.72. The number of nitrogens with one attached hydrogen (secondary N) is 1. The van der Waals surface area contributed by atoms with Gasteiger partial charge in [-0.3, -0.25) is 14.7 Å². The van der Waals surface area contributed by atoms with Crippen molar-refractivity contribution in [2.45, 2.75) is 38.3 Å². The Balaban J connectivity index is 1.69. The molecule has 5 rings (SSSR count). The number of carbonyl (C=O) groups excluding carboxylic acids is 1. The van der Waals surface area contributed by atoms with Gasteiger partial charge in [0, 0.05) is 37.8 Å². The van der Waals surface area contributed by atoms with E-state index in [0.717, 1.165) is 25.9 Å². The Kier molecular flexibility index (Phi) is 5.08. The first-order valence-electron chi connectivity index (χ1n) is 10.3. The molecule has 0 aromatic heterocycles. The molecular formula is C22H31N3O2. The number of aliphatic hydroxyl groups excluding tert-OH is 1. The van der Waals surface area contributed by atoms with Crippen LogP contribution >= 0.6 is 0 Å². The lowest BCUT2D eigenvalue weighted by atomic mass is 9.59. The molecule has 27 heavy (non-hydrogen) atoms. The van der Waals surface area contributed by atoms with Crippen molar-refractivity contribution < 1.29 is 9.90 Å². The molecule has 2 N–H and O–H groups in total.